The van der Waals surface area contributed by atoms with Crippen molar-refractivity contribution in [3.05, 3.63) is 28.2 Å². The molecular formula is C18H26BrN3O5. The van der Waals surface area contributed by atoms with Crippen LogP contribution < -0.4 is 10.6 Å². The smallest absolute Gasteiger partial charge is 0.414 e. The van der Waals surface area contributed by atoms with E-state index in [4.69, 9.17) is 9.47 Å². The summed E-state index contributed by atoms with van der Waals surface area (Å²) in [4.78, 5) is 28.2. The molecule has 1 aromatic carbocycles. The number of nitrogens with one attached hydrogen (secondary N) is 2. The second-order valence-corrected chi connectivity index (χ2v) is 8.56. The van der Waals surface area contributed by atoms with E-state index in [-0.39, 0.29) is 18.3 Å². The Labute approximate surface area is 167 Å². The summed E-state index contributed by atoms with van der Waals surface area (Å²) in [7, 11) is 0. The van der Waals surface area contributed by atoms with E-state index in [1.807, 2.05) is 0 Å². The summed E-state index contributed by atoms with van der Waals surface area (Å²) in [6.07, 6.45) is -1.52. The molecule has 9 heteroatoms. The van der Waals surface area contributed by atoms with Gasteiger partial charge < -0.3 is 14.6 Å². The van der Waals surface area contributed by atoms with Crippen LogP contribution in [0.4, 0.5) is 9.59 Å². The Balaban J connectivity index is 2.92. The third-order valence-electron chi connectivity index (χ3n) is 2.67. The molecule has 2 amide bonds. The van der Waals surface area contributed by atoms with Gasteiger partial charge in [0.25, 0.3) is 0 Å². The predicted octanol–water partition coefficient (Wildman–Crippen LogP) is 4.06. The molecule has 1 aromatic rings. The standard InChI is InChI=1S/C18H26BrN3O5/c1-17(2,3)26-15(24)21-14(22-16(25)27-18(4,5)6)20-10-11-7-8-13(23)12(19)9-11/h7-9,23H,10H2,1-6H3,(H2,20,21,22,24,25). The minimum atomic E-state index is -0.760. The molecule has 8 nitrogen and oxygen atoms in total. The topological polar surface area (TPSA) is 109 Å². The third-order valence-corrected chi connectivity index (χ3v) is 3.31. The lowest BCUT2D eigenvalue weighted by atomic mass is 10.2. The van der Waals surface area contributed by atoms with Gasteiger partial charge in [-0.15, -0.1) is 0 Å². The molecule has 0 fully saturated rings. The fourth-order valence-electron chi connectivity index (χ4n) is 1.73. The van der Waals surface area contributed by atoms with Crippen LogP contribution >= 0.6 is 15.9 Å². The number of amides is 2. The normalized spacial score (nSPS) is 11.4. The highest BCUT2D eigenvalue weighted by Gasteiger charge is 2.21. The first kappa shape index (κ1) is 22.8. The molecule has 0 radical (unpaired) electrons. The van der Waals surface area contributed by atoms with Gasteiger partial charge in [0.05, 0.1) is 11.0 Å². The average molecular weight is 444 g/mol. The zero-order valence-electron chi connectivity index (χ0n) is 16.3. The Morgan fingerprint density at radius 2 is 1.52 bits per heavy atom. The van der Waals surface area contributed by atoms with Crippen LogP contribution in [0.15, 0.2) is 27.7 Å². The van der Waals surface area contributed by atoms with E-state index in [9.17, 15) is 14.7 Å². The highest BCUT2D eigenvalue weighted by atomic mass is 79.9. The van der Waals surface area contributed by atoms with Crippen molar-refractivity contribution in [3.8, 4) is 5.75 Å². The Morgan fingerprint density at radius 1 is 1.04 bits per heavy atom. The molecule has 27 heavy (non-hydrogen) atoms. The second kappa shape index (κ2) is 9.07. The third kappa shape index (κ3) is 9.83. The van der Waals surface area contributed by atoms with Crippen molar-refractivity contribution >= 4 is 34.1 Å². The van der Waals surface area contributed by atoms with E-state index in [2.05, 4.69) is 31.6 Å². The van der Waals surface area contributed by atoms with Gasteiger partial charge in [0.15, 0.2) is 0 Å². The number of aromatic hydroxyl groups is 1. The maximum absolute atomic E-state index is 12.0. The summed E-state index contributed by atoms with van der Waals surface area (Å²) >= 11 is 3.22. The van der Waals surface area contributed by atoms with Crippen LogP contribution in [0, 0.1) is 0 Å². The van der Waals surface area contributed by atoms with Crippen molar-refractivity contribution in [1.29, 1.82) is 0 Å². The molecule has 0 atom stereocenters. The van der Waals surface area contributed by atoms with Gasteiger partial charge in [-0.2, -0.15) is 0 Å². The van der Waals surface area contributed by atoms with E-state index < -0.39 is 23.4 Å². The first-order valence-corrected chi connectivity index (χ1v) is 9.06. The lowest BCUT2D eigenvalue weighted by Gasteiger charge is -2.22. The minimum absolute atomic E-state index is 0.0988. The molecule has 0 saturated carbocycles. The zero-order chi connectivity index (χ0) is 20.8. The van der Waals surface area contributed by atoms with E-state index >= 15 is 0 Å². The molecule has 0 spiro atoms. The number of hydrogen-bond acceptors (Lipinski definition) is 6. The Bertz CT molecular complexity index is 689. The van der Waals surface area contributed by atoms with Gasteiger partial charge >= 0.3 is 12.2 Å². The molecule has 0 aliphatic carbocycles. The number of guanidine groups is 1. The second-order valence-electron chi connectivity index (χ2n) is 7.70. The van der Waals surface area contributed by atoms with Crippen LogP contribution in [0.2, 0.25) is 0 Å². The Hall–Kier alpha value is -2.29. The van der Waals surface area contributed by atoms with Crippen LogP contribution in [0.25, 0.3) is 0 Å². The van der Waals surface area contributed by atoms with Crippen LogP contribution in [-0.2, 0) is 16.0 Å². The van der Waals surface area contributed by atoms with Gasteiger partial charge in [0.1, 0.15) is 17.0 Å². The summed E-state index contributed by atoms with van der Waals surface area (Å²) in [5, 5.41) is 14.4. The maximum Gasteiger partial charge on any atom is 0.414 e. The van der Waals surface area contributed by atoms with Crippen LogP contribution in [0.5, 0.6) is 5.75 Å². The molecule has 0 aliphatic heterocycles. The summed E-state index contributed by atoms with van der Waals surface area (Å²) in [6.45, 7) is 10.5. The van der Waals surface area contributed by atoms with E-state index in [1.165, 1.54) is 6.07 Å². The fraction of sp³-hybridized carbons (Fsp3) is 0.500. The summed E-state index contributed by atoms with van der Waals surface area (Å²) in [5.41, 5.74) is -0.666. The number of carbonyl (C=O) groups is 2. The van der Waals surface area contributed by atoms with Crippen molar-refractivity contribution in [2.45, 2.75) is 59.3 Å². The number of aliphatic imine (C=N–C) groups is 1. The van der Waals surface area contributed by atoms with Crippen molar-refractivity contribution in [1.82, 2.24) is 10.6 Å². The van der Waals surface area contributed by atoms with E-state index in [0.717, 1.165) is 5.56 Å². The number of halogens is 1. The molecule has 0 aromatic heterocycles. The van der Waals surface area contributed by atoms with Gasteiger partial charge in [0, 0.05) is 0 Å². The molecule has 0 heterocycles. The largest absolute Gasteiger partial charge is 0.507 e. The van der Waals surface area contributed by atoms with Crippen LogP contribution in [0.1, 0.15) is 47.1 Å². The molecule has 150 valence electrons. The van der Waals surface area contributed by atoms with E-state index in [1.54, 1.807) is 53.7 Å². The number of hydrogen-bond donors (Lipinski definition) is 3. The monoisotopic (exact) mass is 443 g/mol. The summed E-state index contributed by atoms with van der Waals surface area (Å²) in [5.74, 6) is -0.00981. The lowest BCUT2D eigenvalue weighted by Crippen LogP contribution is -2.47. The van der Waals surface area contributed by atoms with Crippen molar-refractivity contribution < 1.29 is 24.2 Å². The number of phenolic OH excluding ortho intramolecular Hbond substituents is 1. The Kier molecular flexibility index (Phi) is 7.65. The van der Waals surface area contributed by atoms with Crippen LogP contribution in [-0.4, -0.2) is 34.5 Å². The molecule has 0 saturated heterocycles. The summed E-state index contributed by atoms with van der Waals surface area (Å²) < 4.78 is 10.9. The Morgan fingerprint density at radius 3 is 1.93 bits per heavy atom. The molecule has 0 bridgehead atoms. The number of rotatable bonds is 2. The number of benzene rings is 1. The van der Waals surface area contributed by atoms with E-state index in [0.29, 0.717) is 4.47 Å². The minimum Gasteiger partial charge on any atom is -0.507 e. The van der Waals surface area contributed by atoms with Gasteiger partial charge in [-0.05, 0) is 75.2 Å². The van der Waals surface area contributed by atoms with Gasteiger partial charge in [0.2, 0.25) is 5.96 Å². The molecule has 0 aliphatic rings. The first-order chi connectivity index (χ1) is 12.2. The SMILES string of the molecule is CC(C)(C)OC(=O)NC(=NCc1ccc(O)c(Br)c1)NC(=O)OC(C)(C)C. The van der Waals surface area contributed by atoms with Gasteiger partial charge in [-0.1, -0.05) is 6.07 Å². The van der Waals surface area contributed by atoms with Crippen LogP contribution in [0.3, 0.4) is 0 Å². The fourth-order valence-corrected chi connectivity index (χ4v) is 2.16. The molecule has 1 rings (SSSR count). The number of phenols is 1. The van der Waals surface area contributed by atoms with Crippen molar-refractivity contribution in [2.24, 2.45) is 4.99 Å². The number of ether oxygens (including phenoxy) is 2. The molecule has 3 N–H and O–H groups in total. The maximum atomic E-state index is 12.0. The number of alkyl carbamates (subject to hydrolysis) is 2. The summed E-state index contributed by atoms with van der Waals surface area (Å²) in [6, 6.07) is 4.86. The number of nitrogens with zero attached hydrogens (tertiary/aromatic N) is 1. The molecular weight excluding hydrogens is 418 g/mol. The highest BCUT2D eigenvalue weighted by Crippen LogP contribution is 2.24. The van der Waals surface area contributed by atoms with Gasteiger partial charge in [-0.3, -0.25) is 10.6 Å². The number of carbonyl (C=O) groups excluding carboxylic acids is 2. The zero-order valence-corrected chi connectivity index (χ0v) is 17.9. The van der Waals surface area contributed by atoms with Gasteiger partial charge in [-0.25, -0.2) is 14.6 Å². The average Bonchev–Trinajstić information content (AvgIpc) is 2.44. The molecule has 0 unspecified atom stereocenters. The predicted molar refractivity (Wildman–Crippen MR) is 106 cm³/mol. The van der Waals surface area contributed by atoms with Crippen molar-refractivity contribution in [3.63, 3.8) is 0 Å². The van der Waals surface area contributed by atoms with Crippen molar-refractivity contribution in [2.75, 3.05) is 0 Å². The quantitative estimate of drug-likeness (QED) is 0.471. The first-order valence-electron chi connectivity index (χ1n) is 8.27. The highest BCUT2D eigenvalue weighted by molar-refractivity contribution is 9.10. The lowest BCUT2D eigenvalue weighted by molar-refractivity contribution is 0.0545.